The van der Waals surface area contributed by atoms with Crippen molar-refractivity contribution in [2.45, 2.75) is 39.2 Å². The van der Waals surface area contributed by atoms with Crippen LogP contribution in [0.3, 0.4) is 0 Å². The molecule has 0 aliphatic carbocycles. The van der Waals surface area contributed by atoms with Crippen LogP contribution >= 0.6 is 15.9 Å². The largest absolute Gasteiger partial charge is 0.352 e. The molecule has 2 rings (SSSR count). The van der Waals surface area contributed by atoms with Gasteiger partial charge in [0.1, 0.15) is 16.2 Å². The van der Waals surface area contributed by atoms with Crippen LogP contribution in [0.1, 0.15) is 33.5 Å². The highest BCUT2D eigenvalue weighted by atomic mass is 79.9. The average Bonchev–Trinajstić information content (AvgIpc) is 2.25. The molecule has 0 aromatic carbocycles. The van der Waals surface area contributed by atoms with Gasteiger partial charge in [-0.2, -0.15) is 0 Å². The molecular formula is C13H20BrN3O2S. The Labute approximate surface area is 128 Å². The maximum atomic E-state index is 11.7. The molecule has 1 aromatic heterocycles. The van der Waals surface area contributed by atoms with E-state index in [9.17, 15) is 8.42 Å². The predicted molar refractivity (Wildman–Crippen MR) is 83.9 cm³/mol. The van der Waals surface area contributed by atoms with Gasteiger partial charge >= 0.3 is 0 Å². The van der Waals surface area contributed by atoms with E-state index in [1.807, 2.05) is 17.9 Å². The Balaban J connectivity index is 2.36. The lowest BCUT2D eigenvalue weighted by Gasteiger charge is -2.34. The van der Waals surface area contributed by atoms with Crippen LogP contribution < -0.4 is 4.90 Å². The SMILES string of the molecule is CC1CS(=O)(=O)CCN1c1cc(Br)nc(C(C)(C)C)n1. The third kappa shape index (κ3) is 3.49. The minimum Gasteiger partial charge on any atom is -0.352 e. The first-order valence-electron chi connectivity index (χ1n) is 6.61. The molecule has 7 heteroatoms. The van der Waals surface area contributed by atoms with Crippen LogP contribution in [-0.2, 0) is 15.3 Å². The van der Waals surface area contributed by atoms with Crippen molar-refractivity contribution in [3.05, 3.63) is 16.5 Å². The summed E-state index contributed by atoms with van der Waals surface area (Å²) in [6, 6.07) is 1.78. The second kappa shape index (κ2) is 5.26. The van der Waals surface area contributed by atoms with Crippen LogP contribution in [0.15, 0.2) is 10.7 Å². The first-order chi connectivity index (χ1) is 9.08. The van der Waals surface area contributed by atoms with E-state index in [0.717, 1.165) is 16.2 Å². The monoisotopic (exact) mass is 361 g/mol. The maximum Gasteiger partial charge on any atom is 0.154 e. The molecule has 0 spiro atoms. The smallest absolute Gasteiger partial charge is 0.154 e. The summed E-state index contributed by atoms with van der Waals surface area (Å²) in [6.45, 7) is 8.58. The molecule has 112 valence electrons. The van der Waals surface area contributed by atoms with E-state index in [0.29, 0.717) is 6.54 Å². The van der Waals surface area contributed by atoms with E-state index in [1.54, 1.807) is 0 Å². The lowest BCUT2D eigenvalue weighted by molar-refractivity contribution is 0.536. The number of anilines is 1. The molecule has 1 fully saturated rings. The third-order valence-corrected chi connectivity index (χ3v) is 5.52. The lowest BCUT2D eigenvalue weighted by Crippen LogP contribution is -2.47. The number of hydrogen-bond acceptors (Lipinski definition) is 5. The van der Waals surface area contributed by atoms with Crippen molar-refractivity contribution in [2.24, 2.45) is 0 Å². The normalized spacial score (nSPS) is 22.9. The van der Waals surface area contributed by atoms with Gasteiger partial charge in [-0.25, -0.2) is 18.4 Å². The van der Waals surface area contributed by atoms with Gasteiger partial charge in [-0.3, -0.25) is 0 Å². The topological polar surface area (TPSA) is 63.2 Å². The van der Waals surface area contributed by atoms with Crippen molar-refractivity contribution in [1.82, 2.24) is 9.97 Å². The van der Waals surface area contributed by atoms with E-state index >= 15 is 0 Å². The zero-order chi connectivity index (χ0) is 15.1. The lowest BCUT2D eigenvalue weighted by atomic mass is 9.96. The summed E-state index contributed by atoms with van der Waals surface area (Å²) in [7, 11) is -2.92. The fourth-order valence-corrected chi connectivity index (χ4v) is 4.16. The molecule has 5 nitrogen and oxygen atoms in total. The Hall–Kier alpha value is -0.690. The molecule has 0 N–H and O–H groups in total. The van der Waals surface area contributed by atoms with E-state index in [-0.39, 0.29) is 23.0 Å². The Morgan fingerprint density at radius 3 is 2.55 bits per heavy atom. The van der Waals surface area contributed by atoms with Gasteiger partial charge < -0.3 is 4.90 Å². The molecule has 0 radical (unpaired) electrons. The minimum atomic E-state index is -2.92. The Morgan fingerprint density at radius 2 is 2.00 bits per heavy atom. The number of sulfone groups is 1. The first-order valence-corrected chi connectivity index (χ1v) is 9.22. The Morgan fingerprint density at radius 1 is 1.35 bits per heavy atom. The molecule has 0 saturated carbocycles. The van der Waals surface area contributed by atoms with Gasteiger partial charge in [-0.1, -0.05) is 20.8 Å². The fraction of sp³-hybridized carbons (Fsp3) is 0.692. The number of halogens is 1. The predicted octanol–water partition coefficient (Wildman–Crippen LogP) is 2.16. The van der Waals surface area contributed by atoms with Crippen molar-refractivity contribution in [3.63, 3.8) is 0 Å². The van der Waals surface area contributed by atoms with E-state index in [2.05, 4.69) is 46.7 Å². The third-order valence-electron chi connectivity index (χ3n) is 3.32. The average molecular weight is 362 g/mol. The number of aromatic nitrogens is 2. The molecule has 2 heterocycles. The molecule has 1 aromatic rings. The zero-order valence-electron chi connectivity index (χ0n) is 12.2. The molecular weight excluding hydrogens is 342 g/mol. The molecule has 1 atom stereocenters. The molecule has 1 unspecified atom stereocenters. The number of nitrogens with zero attached hydrogens (tertiary/aromatic N) is 3. The van der Waals surface area contributed by atoms with Gasteiger partial charge in [-0.05, 0) is 22.9 Å². The maximum absolute atomic E-state index is 11.7. The van der Waals surface area contributed by atoms with Crippen LogP contribution in [0.2, 0.25) is 0 Å². The summed E-state index contributed by atoms with van der Waals surface area (Å²) in [5, 5.41) is 0. The van der Waals surface area contributed by atoms with Crippen LogP contribution in [0.25, 0.3) is 0 Å². The van der Waals surface area contributed by atoms with Gasteiger partial charge in [0.05, 0.1) is 11.5 Å². The van der Waals surface area contributed by atoms with Gasteiger partial charge in [-0.15, -0.1) is 0 Å². The van der Waals surface area contributed by atoms with Gasteiger partial charge in [0.15, 0.2) is 9.84 Å². The minimum absolute atomic E-state index is 0.0663. The number of rotatable bonds is 1. The molecule has 1 saturated heterocycles. The molecule has 0 bridgehead atoms. The van der Waals surface area contributed by atoms with E-state index < -0.39 is 9.84 Å². The Kier molecular flexibility index (Phi) is 4.12. The van der Waals surface area contributed by atoms with E-state index in [4.69, 9.17) is 0 Å². The second-order valence-electron chi connectivity index (χ2n) is 6.28. The summed E-state index contributed by atoms with van der Waals surface area (Å²) in [4.78, 5) is 11.1. The fourth-order valence-electron chi connectivity index (χ4n) is 2.23. The zero-order valence-corrected chi connectivity index (χ0v) is 14.6. The van der Waals surface area contributed by atoms with Crippen molar-refractivity contribution >= 4 is 31.6 Å². The van der Waals surface area contributed by atoms with Crippen molar-refractivity contribution in [1.29, 1.82) is 0 Å². The van der Waals surface area contributed by atoms with Crippen molar-refractivity contribution in [2.75, 3.05) is 23.0 Å². The van der Waals surface area contributed by atoms with Crippen LogP contribution in [0.4, 0.5) is 5.82 Å². The summed E-state index contributed by atoms with van der Waals surface area (Å²) in [5.74, 6) is 1.91. The molecule has 0 amide bonds. The molecule has 1 aliphatic heterocycles. The molecule has 1 aliphatic rings. The number of hydrogen-bond donors (Lipinski definition) is 0. The highest BCUT2D eigenvalue weighted by Gasteiger charge is 2.30. The van der Waals surface area contributed by atoms with Gasteiger partial charge in [0.25, 0.3) is 0 Å². The quantitative estimate of drug-likeness (QED) is 0.717. The highest BCUT2D eigenvalue weighted by molar-refractivity contribution is 9.10. The van der Waals surface area contributed by atoms with Crippen LogP contribution in [0, 0.1) is 0 Å². The van der Waals surface area contributed by atoms with Crippen molar-refractivity contribution in [3.8, 4) is 0 Å². The highest BCUT2D eigenvalue weighted by Crippen LogP contribution is 2.26. The van der Waals surface area contributed by atoms with Crippen molar-refractivity contribution < 1.29 is 8.42 Å². The summed E-state index contributed by atoms with van der Waals surface area (Å²) in [5.41, 5.74) is -0.149. The summed E-state index contributed by atoms with van der Waals surface area (Å²) < 4.78 is 24.1. The van der Waals surface area contributed by atoms with Crippen LogP contribution in [-0.4, -0.2) is 42.5 Å². The second-order valence-corrected chi connectivity index (χ2v) is 9.32. The molecule has 20 heavy (non-hydrogen) atoms. The summed E-state index contributed by atoms with van der Waals surface area (Å²) in [6.07, 6.45) is 0. The van der Waals surface area contributed by atoms with Gasteiger partial charge in [0.2, 0.25) is 0 Å². The van der Waals surface area contributed by atoms with Gasteiger partial charge in [0, 0.05) is 24.1 Å². The standard InChI is InChI=1S/C13H20BrN3O2S/c1-9-8-20(18,19)6-5-17(9)11-7-10(14)15-12(16-11)13(2,3)4/h7,9H,5-6,8H2,1-4H3. The van der Waals surface area contributed by atoms with E-state index in [1.165, 1.54) is 0 Å². The Bertz CT molecular complexity index is 611. The summed E-state index contributed by atoms with van der Waals surface area (Å²) >= 11 is 3.42. The first kappa shape index (κ1) is 15.7. The van der Waals surface area contributed by atoms with Crippen LogP contribution in [0.5, 0.6) is 0 Å².